The van der Waals surface area contributed by atoms with Crippen LogP contribution in [0.15, 0.2) is 91.4 Å². The summed E-state index contributed by atoms with van der Waals surface area (Å²) in [6, 6.07) is 25.4. The summed E-state index contributed by atoms with van der Waals surface area (Å²) in [4.78, 5) is 32.5. The number of anilines is 1. The zero-order valence-corrected chi connectivity index (χ0v) is 24.3. The molecule has 0 spiro atoms. The second-order valence-electron chi connectivity index (χ2n) is 11.0. The molecule has 1 saturated heterocycles. The third kappa shape index (κ3) is 7.01. The summed E-state index contributed by atoms with van der Waals surface area (Å²) in [5.74, 6) is 1.44. The molecule has 0 aliphatic carbocycles. The first-order valence-electron chi connectivity index (χ1n) is 14.6. The fraction of sp³-hybridized carbons (Fsp3) is 0.294. The molecule has 0 atom stereocenters. The third-order valence-corrected chi connectivity index (χ3v) is 7.85. The predicted octanol–water partition coefficient (Wildman–Crippen LogP) is 5.31. The van der Waals surface area contributed by atoms with Crippen LogP contribution in [0.25, 0.3) is 11.5 Å². The van der Waals surface area contributed by atoms with Crippen LogP contribution in [-0.4, -0.2) is 61.0 Å². The molecule has 4 aromatic heterocycles. The van der Waals surface area contributed by atoms with Crippen molar-refractivity contribution in [1.29, 1.82) is 0 Å². The molecule has 0 saturated carbocycles. The van der Waals surface area contributed by atoms with E-state index in [0.717, 1.165) is 66.8 Å². The first-order valence-corrected chi connectivity index (χ1v) is 14.6. The van der Waals surface area contributed by atoms with Crippen LogP contribution in [-0.2, 0) is 19.4 Å². The highest BCUT2D eigenvalue weighted by Crippen LogP contribution is 2.24. The first kappa shape index (κ1) is 27.6. The number of aromatic nitrogens is 6. The van der Waals surface area contributed by atoms with Gasteiger partial charge < -0.3 is 4.90 Å². The van der Waals surface area contributed by atoms with Gasteiger partial charge in [0.2, 0.25) is 0 Å². The molecular weight excluding hydrogens is 520 g/mol. The lowest BCUT2D eigenvalue weighted by Gasteiger charge is -2.37. The maximum Gasteiger partial charge on any atom is 0.178 e. The molecule has 1 aliphatic heterocycles. The number of hydrogen-bond acceptors (Lipinski definition) is 8. The molecular formula is C34H36N8. The van der Waals surface area contributed by atoms with E-state index in [0.29, 0.717) is 24.7 Å². The number of nitrogens with zero attached hydrogens (tertiary/aromatic N) is 8. The van der Waals surface area contributed by atoms with Gasteiger partial charge in [0.05, 0.1) is 17.1 Å². The summed E-state index contributed by atoms with van der Waals surface area (Å²) in [7, 11) is 2.22. The quantitative estimate of drug-likeness (QED) is 0.241. The molecule has 5 heterocycles. The maximum absolute atomic E-state index is 4.84. The molecule has 0 N–H and O–H groups in total. The van der Waals surface area contributed by atoms with E-state index in [9.17, 15) is 0 Å². The van der Waals surface area contributed by atoms with Crippen LogP contribution in [0.2, 0.25) is 0 Å². The van der Waals surface area contributed by atoms with Gasteiger partial charge in [-0.25, -0.2) is 24.9 Å². The van der Waals surface area contributed by atoms with Gasteiger partial charge in [-0.1, -0.05) is 24.3 Å². The molecule has 42 heavy (non-hydrogen) atoms. The Morgan fingerprint density at radius 2 is 1.50 bits per heavy atom. The summed E-state index contributed by atoms with van der Waals surface area (Å²) < 4.78 is 0. The SMILES string of the molecule is Cc1cccc(-c2nccc(Cc3ccnc(Cc4ccc(N5CCC(N(C)Cc6ccccn6)CC5)cc4)n3)n2)n1. The minimum atomic E-state index is 0.583. The Morgan fingerprint density at radius 3 is 2.26 bits per heavy atom. The van der Waals surface area contributed by atoms with Crippen LogP contribution in [0.1, 0.15) is 47.0 Å². The fourth-order valence-electron chi connectivity index (χ4n) is 5.54. The molecule has 0 bridgehead atoms. The van der Waals surface area contributed by atoms with Crippen molar-refractivity contribution in [2.75, 3.05) is 25.0 Å². The molecule has 1 aliphatic rings. The molecule has 1 fully saturated rings. The van der Waals surface area contributed by atoms with Crippen LogP contribution in [0.5, 0.6) is 0 Å². The number of pyridine rings is 2. The number of hydrogen-bond donors (Lipinski definition) is 0. The highest BCUT2D eigenvalue weighted by atomic mass is 15.2. The van der Waals surface area contributed by atoms with E-state index in [2.05, 4.69) is 73.2 Å². The monoisotopic (exact) mass is 556 g/mol. The van der Waals surface area contributed by atoms with E-state index in [1.54, 1.807) is 6.20 Å². The normalized spacial score (nSPS) is 13.9. The molecule has 8 heteroatoms. The van der Waals surface area contributed by atoms with Crippen molar-refractivity contribution >= 4 is 5.69 Å². The number of piperidine rings is 1. The minimum absolute atomic E-state index is 0.583. The summed E-state index contributed by atoms with van der Waals surface area (Å²) >= 11 is 0. The van der Waals surface area contributed by atoms with Gasteiger partial charge in [0, 0.05) is 68.5 Å². The van der Waals surface area contributed by atoms with Crippen LogP contribution >= 0.6 is 0 Å². The van der Waals surface area contributed by atoms with E-state index >= 15 is 0 Å². The van der Waals surface area contributed by atoms with Crippen molar-refractivity contribution in [3.05, 3.63) is 126 Å². The average Bonchev–Trinajstić information content (AvgIpc) is 3.02. The van der Waals surface area contributed by atoms with E-state index in [4.69, 9.17) is 9.97 Å². The summed E-state index contributed by atoms with van der Waals surface area (Å²) in [5, 5.41) is 0. The predicted molar refractivity (Wildman–Crippen MR) is 165 cm³/mol. The van der Waals surface area contributed by atoms with Crippen molar-refractivity contribution < 1.29 is 0 Å². The molecule has 8 nitrogen and oxygen atoms in total. The van der Waals surface area contributed by atoms with Crippen molar-refractivity contribution in [3.8, 4) is 11.5 Å². The zero-order valence-electron chi connectivity index (χ0n) is 24.3. The second kappa shape index (κ2) is 13.0. The molecule has 5 aromatic rings. The summed E-state index contributed by atoms with van der Waals surface area (Å²) in [5.41, 5.74) is 7.18. The number of benzene rings is 1. The van der Waals surface area contributed by atoms with Crippen molar-refractivity contribution in [2.45, 2.75) is 45.2 Å². The van der Waals surface area contributed by atoms with Gasteiger partial charge in [0.1, 0.15) is 11.5 Å². The summed E-state index contributed by atoms with van der Waals surface area (Å²) in [6.45, 7) is 4.99. The Morgan fingerprint density at radius 1 is 0.714 bits per heavy atom. The average molecular weight is 557 g/mol. The van der Waals surface area contributed by atoms with Crippen LogP contribution in [0.3, 0.4) is 0 Å². The molecule has 6 rings (SSSR count). The van der Waals surface area contributed by atoms with Crippen molar-refractivity contribution in [1.82, 2.24) is 34.8 Å². The summed E-state index contributed by atoms with van der Waals surface area (Å²) in [6.07, 6.45) is 9.11. The van der Waals surface area contributed by atoms with Gasteiger partial charge in [-0.15, -0.1) is 0 Å². The number of rotatable bonds is 9. The minimum Gasteiger partial charge on any atom is -0.371 e. The Kier molecular flexibility index (Phi) is 8.51. The van der Waals surface area contributed by atoms with Gasteiger partial charge in [-0.2, -0.15) is 0 Å². The van der Waals surface area contributed by atoms with Crippen molar-refractivity contribution in [2.24, 2.45) is 0 Å². The van der Waals surface area contributed by atoms with E-state index in [-0.39, 0.29) is 0 Å². The Hall–Kier alpha value is -4.56. The maximum atomic E-state index is 4.84. The molecule has 0 amide bonds. The Labute approximate surface area is 247 Å². The topological polar surface area (TPSA) is 83.8 Å². The van der Waals surface area contributed by atoms with Gasteiger partial charge in [-0.3, -0.25) is 9.88 Å². The van der Waals surface area contributed by atoms with Gasteiger partial charge in [0.25, 0.3) is 0 Å². The van der Waals surface area contributed by atoms with Crippen LogP contribution in [0.4, 0.5) is 5.69 Å². The lowest BCUT2D eigenvalue weighted by atomic mass is 10.0. The zero-order chi connectivity index (χ0) is 28.7. The van der Waals surface area contributed by atoms with E-state index in [1.807, 2.05) is 55.7 Å². The Balaban J connectivity index is 1.04. The molecule has 0 radical (unpaired) electrons. The molecule has 1 aromatic carbocycles. The highest BCUT2D eigenvalue weighted by Gasteiger charge is 2.23. The lowest BCUT2D eigenvalue weighted by Crippen LogP contribution is -2.43. The number of aryl methyl sites for hydroxylation is 1. The van der Waals surface area contributed by atoms with Gasteiger partial charge in [-0.05, 0) is 80.9 Å². The van der Waals surface area contributed by atoms with Gasteiger partial charge >= 0.3 is 0 Å². The smallest absolute Gasteiger partial charge is 0.178 e. The largest absolute Gasteiger partial charge is 0.371 e. The first-order chi connectivity index (χ1) is 20.6. The lowest BCUT2D eigenvalue weighted by molar-refractivity contribution is 0.198. The van der Waals surface area contributed by atoms with E-state index in [1.165, 1.54) is 11.3 Å². The third-order valence-electron chi connectivity index (χ3n) is 7.85. The molecule has 0 unspecified atom stereocenters. The van der Waals surface area contributed by atoms with Gasteiger partial charge in [0.15, 0.2) is 5.82 Å². The van der Waals surface area contributed by atoms with Crippen LogP contribution in [0, 0.1) is 6.92 Å². The van der Waals surface area contributed by atoms with Crippen molar-refractivity contribution in [3.63, 3.8) is 0 Å². The molecule has 212 valence electrons. The standard InChI is InChI=1S/C34H36N8/c1-25-6-5-8-32(38-25)34-37-19-14-28(40-34)23-27-13-18-36-33(39-27)22-26-9-11-31(12-10-26)42-20-15-30(16-21-42)41(2)24-29-7-3-4-17-35-29/h3-14,17-19,30H,15-16,20-24H2,1-2H3. The van der Waals surface area contributed by atoms with E-state index < -0.39 is 0 Å². The Bertz CT molecular complexity index is 1600. The fourth-order valence-corrected chi connectivity index (χ4v) is 5.54. The highest BCUT2D eigenvalue weighted by molar-refractivity contribution is 5.49. The second-order valence-corrected chi connectivity index (χ2v) is 11.0. The van der Waals surface area contributed by atoms with Crippen LogP contribution < -0.4 is 4.90 Å².